The van der Waals surface area contributed by atoms with Crippen LogP contribution in [0.5, 0.6) is 0 Å². The van der Waals surface area contributed by atoms with Crippen molar-refractivity contribution in [2.75, 3.05) is 31.5 Å². The Bertz CT molecular complexity index is 418. The maximum absolute atomic E-state index is 8.96. The van der Waals surface area contributed by atoms with Gasteiger partial charge < -0.3 is 10.2 Å². The van der Waals surface area contributed by atoms with E-state index >= 15 is 0 Å². The van der Waals surface area contributed by atoms with Gasteiger partial charge in [-0.2, -0.15) is 9.64 Å². The van der Waals surface area contributed by atoms with Crippen molar-refractivity contribution in [1.82, 2.24) is 9.27 Å². The number of nitrogens with zero attached hydrogens (tertiary/aromatic N) is 3. The largest absolute Gasteiger partial charge is 0.373 e. The predicted octanol–water partition coefficient (Wildman–Crippen LogP) is 2.96. The number of rotatable bonds is 4. The molecule has 0 saturated carbocycles. The summed E-state index contributed by atoms with van der Waals surface area (Å²) in [7, 11) is 0. The van der Waals surface area contributed by atoms with Crippen molar-refractivity contribution in [1.29, 1.82) is 5.26 Å². The molecule has 1 fully saturated rings. The Labute approximate surface area is 117 Å². The zero-order chi connectivity index (χ0) is 12.8. The summed E-state index contributed by atoms with van der Waals surface area (Å²) in [6.07, 6.45) is 5.31. The van der Waals surface area contributed by atoms with Crippen LogP contribution in [0.25, 0.3) is 0 Å². The maximum Gasteiger partial charge on any atom is 0.162 e. The van der Waals surface area contributed by atoms with E-state index in [1.165, 1.54) is 50.3 Å². The smallest absolute Gasteiger partial charge is 0.162 e. The number of halogens is 1. The summed E-state index contributed by atoms with van der Waals surface area (Å²) in [6, 6.07) is 2.08. The number of hydrogen-bond donors (Lipinski definition) is 1. The van der Waals surface area contributed by atoms with Crippen LogP contribution in [0.3, 0.4) is 0 Å². The van der Waals surface area contributed by atoms with Crippen molar-refractivity contribution in [2.45, 2.75) is 25.7 Å². The van der Waals surface area contributed by atoms with Crippen LogP contribution in [0.4, 0.5) is 5.00 Å². The highest BCUT2D eigenvalue weighted by Gasteiger charge is 2.12. The molecular weight excluding hydrogens is 268 g/mol. The molecule has 0 unspecified atom stereocenters. The highest BCUT2D eigenvalue weighted by atomic mass is 35.5. The van der Waals surface area contributed by atoms with Gasteiger partial charge in [-0.3, -0.25) is 0 Å². The Hall–Kier alpha value is -0.830. The van der Waals surface area contributed by atoms with Gasteiger partial charge in [0, 0.05) is 13.1 Å². The monoisotopic (exact) mass is 284 g/mol. The van der Waals surface area contributed by atoms with E-state index in [-0.39, 0.29) is 0 Å². The summed E-state index contributed by atoms with van der Waals surface area (Å²) in [5, 5.41) is 13.3. The molecule has 1 aromatic heterocycles. The second-order valence-electron chi connectivity index (χ2n) is 4.47. The Morgan fingerprint density at radius 3 is 2.72 bits per heavy atom. The fraction of sp³-hybridized carbons (Fsp3) is 0.667. The molecule has 0 aliphatic carbocycles. The predicted molar refractivity (Wildman–Crippen MR) is 75.2 cm³/mol. The summed E-state index contributed by atoms with van der Waals surface area (Å²) >= 11 is 7.08. The fourth-order valence-corrected chi connectivity index (χ4v) is 3.13. The minimum absolute atomic E-state index is 0.305. The standard InChI is InChI=1S/C12H17ClN4S/c13-11-10(9-14)12(18-16-11)15-5-8-17-6-3-1-2-4-7-17/h15H,1-8H2. The van der Waals surface area contributed by atoms with Gasteiger partial charge in [0.25, 0.3) is 0 Å². The normalized spacial score (nSPS) is 17.1. The van der Waals surface area contributed by atoms with Gasteiger partial charge in [0.15, 0.2) is 5.15 Å². The highest BCUT2D eigenvalue weighted by Crippen LogP contribution is 2.27. The molecule has 1 N–H and O–H groups in total. The van der Waals surface area contributed by atoms with Gasteiger partial charge >= 0.3 is 0 Å². The van der Waals surface area contributed by atoms with Crippen molar-refractivity contribution in [2.24, 2.45) is 0 Å². The Kier molecular flexibility index (Phi) is 5.24. The molecule has 1 saturated heterocycles. The average molecular weight is 285 g/mol. The van der Waals surface area contributed by atoms with Crippen molar-refractivity contribution in [3.8, 4) is 6.07 Å². The van der Waals surface area contributed by atoms with E-state index in [2.05, 4.69) is 20.7 Å². The zero-order valence-electron chi connectivity index (χ0n) is 10.3. The molecule has 0 atom stereocenters. The van der Waals surface area contributed by atoms with Crippen molar-refractivity contribution >= 4 is 28.1 Å². The molecule has 6 heteroatoms. The number of aromatic nitrogens is 1. The van der Waals surface area contributed by atoms with E-state index in [1.807, 2.05) is 0 Å². The molecule has 18 heavy (non-hydrogen) atoms. The van der Waals surface area contributed by atoms with Gasteiger partial charge in [0.2, 0.25) is 0 Å². The van der Waals surface area contributed by atoms with Crippen LogP contribution in [0.2, 0.25) is 5.15 Å². The van der Waals surface area contributed by atoms with Crippen LogP contribution in [0.1, 0.15) is 31.2 Å². The quantitative estimate of drug-likeness (QED) is 0.923. The average Bonchev–Trinajstić information content (AvgIpc) is 2.58. The Morgan fingerprint density at radius 2 is 2.06 bits per heavy atom. The van der Waals surface area contributed by atoms with Crippen molar-refractivity contribution < 1.29 is 0 Å². The van der Waals surface area contributed by atoms with E-state index in [0.29, 0.717) is 10.7 Å². The van der Waals surface area contributed by atoms with Gasteiger partial charge in [0.1, 0.15) is 16.6 Å². The fourth-order valence-electron chi connectivity index (χ4n) is 2.18. The van der Waals surface area contributed by atoms with Crippen LogP contribution in [-0.2, 0) is 0 Å². The Balaban J connectivity index is 1.79. The van der Waals surface area contributed by atoms with Gasteiger partial charge in [-0.15, -0.1) is 0 Å². The lowest BCUT2D eigenvalue weighted by atomic mass is 10.2. The molecule has 0 amide bonds. The highest BCUT2D eigenvalue weighted by molar-refractivity contribution is 7.10. The molecule has 98 valence electrons. The van der Waals surface area contributed by atoms with Gasteiger partial charge in [-0.25, -0.2) is 0 Å². The first-order valence-corrected chi connectivity index (χ1v) is 7.48. The number of anilines is 1. The maximum atomic E-state index is 8.96. The molecule has 4 nitrogen and oxygen atoms in total. The molecule has 1 aromatic rings. The van der Waals surface area contributed by atoms with E-state index < -0.39 is 0 Å². The zero-order valence-corrected chi connectivity index (χ0v) is 11.9. The lowest BCUT2D eigenvalue weighted by Crippen LogP contribution is -2.29. The third-order valence-corrected chi connectivity index (χ3v) is 4.35. The summed E-state index contributed by atoms with van der Waals surface area (Å²) in [4.78, 5) is 2.48. The number of nitriles is 1. The van der Waals surface area contributed by atoms with Crippen molar-refractivity contribution in [3.63, 3.8) is 0 Å². The van der Waals surface area contributed by atoms with E-state index in [0.717, 1.165) is 18.1 Å². The molecule has 1 aliphatic rings. The van der Waals surface area contributed by atoms with Crippen LogP contribution in [-0.4, -0.2) is 35.5 Å². The summed E-state index contributed by atoms with van der Waals surface area (Å²) in [5.74, 6) is 0. The van der Waals surface area contributed by atoms with Crippen molar-refractivity contribution in [3.05, 3.63) is 10.7 Å². The van der Waals surface area contributed by atoms with Crippen LogP contribution in [0, 0.1) is 11.3 Å². The Morgan fingerprint density at radius 1 is 1.33 bits per heavy atom. The topological polar surface area (TPSA) is 52.0 Å². The summed E-state index contributed by atoms with van der Waals surface area (Å²) in [6.45, 7) is 4.24. The first-order valence-electron chi connectivity index (χ1n) is 6.33. The molecule has 0 aromatic carbocycles. The van der Waals surface area contributed by atoms with E-state index in [1.54, 1.807) is 0 Å². The number of nitrogens with one attached hydrogen (secondary N) is 1. The lowest BCUT2D eigenvalue weighted by molar-refractivity contribution is 0.296. The third-order valence-electron chi connectivity index (χ3n) is 3.17. The SMILES string of the molecule is N#Cc1c(Cl)nsc1NCCN1CCCCCC1. The molecule has 0 bridgehead atoms. The van der Waals surface area contributed by atoms with E-state index in [4.69, 9.17) is 16.9 Å². The van der Waals surface area contributed by atoms with Gasteiger partial charge in [-0.1, -0.05) is 24.4 Å². The van der Waals surface area contributed by atoms with Crippen LogP contribution in [0.15, 0.2) is 0 Å². The summed E-state index contributed by atoms with van der Waals surface area (Å²) < 4.78 is 3.98. The lowest BCUT2D eigenvalue weighted by Gasteiger charge is -2.19. The first-order chi connectivity index (χ1) is 8.81. The number of likely N-dealkylation sites (tertiary alicyclic amines) is 1. The molecule has 2 heterocycles. The minimum atomic E-state index is 0.305. The van der Waals surface area contributed by atoms with Crippen LogP contribution >= 0.6 is 23.1 Å². The third kappa shape index (κ3) is 3.58. The first kappa shape index (κ1) is 13.6. The van der Waals surface area contributed by atoms with E-state index in [9.17, 15) is 0 Å². The minimum Gasteiger partial charge on any atom is -0.373 e. The molecule has 0 radical (unpaired) electrons. The second kappa shape index (κ2) is 6.93. The molecular formula is C12H17ClN4S. The molecule has 2 rings (SSSR count). The van der Waals surface area contributed by atoms with Crippen LogP contribution < -0.4 is 5.32 Å². The van der Waals surface area contributed by atoms with Gasteiger partial charge in [-0.05, 0) is 37.5 Å². The summed E-state index contributed by atoms with van der Waals surface area (Å²) in [5.41, 5.74) is 0.470. The molecule has 1 aliphatic heterocycles. The number of hydrogen-bond acceptors (Lipinski definition) is 5. The second-order valence-corrected chi connectivity index (χ2v) is 5.60. The molecule has 0 spiro atoms. The van der Waals surface area contributed by atoms with Gasteiger partial charge in [0.05, 0.1) is 0 Å².